The van der Waals surface area contributed by atoms with Crippen LogP contribution in [0.25, 0.3) is 16.8 Å². The van der Waals surface area contributed by atoms with Crippen molar-refractivity contribution in [2.45, 2.75) is 6.92 Å². The van der Waals surface area contributed by atoms with Gasteiger partial charge in [-0.05, 0) is 30.7 Å². The molecule has 0 spiro atoms. The van der Waals surface area contributed by atoms with Crippen LogP contribution >= 0.6 is 0 Å². The maximum absolute atomic E-state index is 12.5. The van der Waals surface area contributed by atoms with E-state index in [1.807, 2.05) is 48.5 Å². The summed E-state index contributed by atoms with van der Waals surface area (Å²) in [7, 11) is 0. The van der Waals surface area contributed by atoms with Crippen LogP contribution in [0.15, 0.2) is 54.7 Å². The lowest BCUT2D eigenvalue weighted by Gasteiger charge is -2.26. The molecule has 35 heavy (non-hydrogen) atoms. The SMILES string of the molecule is CCOC(=O)c1cnn(-c2ccc(-c3ccccc3OCCO)cc2)c1OCCN1CCOCC1. The first-order valence-electron chi connectivity index (χ1n) is 11.8. The topological polar surface area (TPSA) is 95.3 Å². The Bertz CT molecular complexity index is 1090. The first-order chi connectivity index (χ1) is 17.2. The van der Waals surface area contributed by atoms with E-state index in [1.165, 1.54) is 6.20 Å². The summed E-state index contributed by atoms with van der Waals surface area (Å²) in [4.78, 5) is 14.8. The molecular formula is C26H31N3O6. The van der Waals surface area contributed by atoms with Gasteiger partial charge in [-0.25, -0.2) is 9.48 Å². The number of esters is 1. The number of nitrogens with zero attached hydrogens (tertiary/aromatic N) is 3. The number of aliphatic hydroxyl groups is 1. The molecule has 2 aromatic carbocycles. The first kappa shape index (κ1) is 24.7. The zero-order valence-corrected chi connectivity index (χ0v) is 19.9. The van der Waals surface area contributed by atoms with E-state index in [-0.39, 0.29) is 19.8 Å². The molecule has 3 aromatic rings. The molecule has 0 saturated carbocycles. The van der Waals surface area contributed by atoms with Gasteiger partial charge in [-0.2, -0.15) is 5.10 Å². The van der Waals surface area contributed by atoms with Crippen molar-refractivity contribution in [3.63, 3.8) is 0 Å². The molecule has 9 nitrogen and oxygen atoms in total. The molecule has 1 N–H and O–H groups in total. The third-order valence-corrected chi connectivity index (χ3v) is 5.63. The van der Waals surface area contributed by atoms with Gasteiger partial charge >= 0.3 is 5.97 Å². The van der Waals surface area contributed by atoms with Gasteiger partial charge in [0.15, 0.2) is 0 Å². The van der Waals surface area contributed by atoms with Crippen LogP contribution in [0.4, 0.5) is 0 Å². The number of aromatic nitrogens is 2. The van der Waals surface area contributed by atoms with Crippen molar-refractivity contribution in [1.82, 2.24) is 14.7 Å². The van der Waals surface area contributed by atoms with Crippen LogP contribution in [0.5, 0.6) is 11.6 Å². The van der Waals surface area contributed by atoms with Crippen molar-refractivity contribution in [2.75, 3.05) is 59.3 Å². The van der Waals surface area contributed by atoms with Crippen LogP contribution in [0.3, 0.4) is 0 Å². The van der Waals surface area contributed by atoms with Crippen LogP contribution in [-0.4, -0.2) is 85.0 Å². The summed E-state index contributed by atoms with van der Waals surface area (Å²) in [6, 6.07) is 15.4. The molecule has 1 fully saturated rings. The maximum atomic E-state index is 12.5. The quantitative estimate of drug-likeness (QED) is 0.418. The minimum Gasteiger partial charge on any atom is -0.491 e. The largest absolute Gasteiger partial charge is 0.491 e. The molecule has 186 valence electrons. The number of hydrogen-bond donors (Lipinski definition) is 1. The summed E-state index contributed by atoms with van der Waals surface area (Å²) < 4.78 is 24.0. The smallest absolute Gasteiger partial charge is 0.345 e. The summed E-state index contributed by atoms with van der Waals surface area (Å²) in [5.41, 5.74) is 2.91. The molecular weight excluding hydrogens is 450 g/mol. The van der Waals surface area contributed by atoms with Gasteiger partial charge in [0.05, 0.1) is 38.3 Å². The highest BCUT2D eigenvalue weighted by molar-refractivity contribution is 5.92. The van der Waals surface area contributed by atoms with E-state index >= 15 is 0 Å². The molecule has 1 aliphatic rings. The molecule has 1 saturated heterocycles. The number of carbonyl (C=O) groups is 1. The number of ether oxygens (including phenoxy) is 4. The second-order valence-corrected chi connectivity index (χ2v) is 7.91. The molecule has 2 heterocycles. The third kappa shape index (κ3) is 6.19. The summed E-state index contributed by atoms with van der Waals surface area (Å²) in [6.07, 6.45) is 1.48. The van der Waals surface area contributed by atoms with Crippen molar-refractivity contribution in [2.24, 2.45) is 0 Å². The molecule has 0 bridgehead atoms. The van der Waals surface area contributed by atoms with E-state index in [9.17, 15) is 4.79 Å². The van der Waals surface area contributed by atoms with Crippen molar-refractivity contribution < 1.29 is 28.8 Å². The van der Waals surface area contributed by atoms with Crippen LogP contribution in [-0.2, 0) is 9.47 Å². The van der Waals surface area contributed by atoms with Crippen molar-refractivity contribution in [3.05, 3.63) is 60.3 Å². The summed E-state index contributed by atoms with van der Waals surface area (Å²) >= 11 is 0. The Balaban J connectivity index is 1.56. The second kappa shape index (κ2) is 12.3. The number of morpholine rings is 1. The fourth-order valence-corrected chi connectivity index (χ4v) is 3.87. The maximum Gasteiger partial charge on any atom is 0.345 e. The molecule has 9 heteroatoms. The molecule has 0 atom stereocenters. The standard InChI is InChI=1S/C26H31N3O6/c1-2-33-26(31)23-19-27-29(25(23)35-17-13-28-11-15-32-16-12-28)21-9-7-20(8-10-21)22-5-3-4-6-24(22)34-18-14-30/h3-10,19,30H,2,11-18H2,1H3. The molecule has 0 aliphatic carbocycles. The molecule has 0 unspecified atom stereocenters. The second-order valence-electron chi connectivity index (χ2n) is 7.91. The van der Waals surface area contributed by atoms with Gasteiger partial charge in [0.2, 0.25) is 5.88 Å². The first-order valence-corrected chi connectivity index (χ1v) is 11.8. The fourth-order valence-electron chi connectivity index (χ4n) is 3.87. The van der Waals surface area contributed by atoms with Gasteiger partial charge in [0.1, 0.15) is 24.5 Å². The molecule has 4 rings (SSSR count). The Morgan fingerprint density at radius 1 is 1.06 bits per heavy atom. The lowest BCUT2D eigenvalue weighted by molar-refractivity contribution is 0.0316. The minimum absolute atomic E-state index is 0.0519. The van der Waals surface area contributed by atoms with E-state index in [0.717, 1.165) is 36.4 Å². The minimum atomic E-state index is -0.466. The van der Waals surface area contributed by atoms with Gasteiger partial charge < -0.3 is 24.1 Å². The van der Waals surface area contributed by atoms with Gasteiger partial charge in [-0.3, -0.25) is 4.90 Å². The number of para-hydroxylation sites is 1. The van der Waals surface area contributed by atoms with E-state index in [2.05, 4.69) is 10.00 Å². The number of aliphatic hydroxyl groups excluding tert-OH is 1. The average molecular weight is 482 g/mol. The third-order valence-electron chi connectivity index (χ3n) is 5.63. The van der Waals surface area contributed by atoms with Crippen LogP contribution in [0.2, 0.25) is 0 Å². The zero-order valence-electron chi connectivity index (χ0n) is 19.9. The van der Waals surface area contributed by atoms with Gasteiger partial charge in [0.25, 0.3) is 0 Å². The Morgan fingerprint density at radius 3 is 2.57 bits per heavy atom. The van der Waals surface area contributed by atoms with Crippen molar-refractivity contribution in [3.8, 4) is 28.4 Å². The summed E-state index contributed by atoms with van der Waals surface area (Å²) in [5.74, 6) is 0.591. The van der Waals surface area contributed by atoms with Crippen molar-refractivity contribution >= 4 is 5.97 Å². The number of carbonyl (C=O) groups excluding carboxylic acids is 1. The van der Waals surface area contributed by atoms with Gasteiger partial charge in [-0.1, -0.05) is 30.3 Å². The monoisotopic (exact) mass is 481 g/mol. The average Bonchev–Trinajstić information content (AvgIpc) is 3.32. The Morgan fingerprint density at radius 2 is 1.83 bits per heavy atom. The number of benzene rings is 2. The predicted octanol–water partition coefficient (Wildman–Crippen LogP) is 2.80. The fraction of sp³-hybridized carbons (Fsp3) is 0.385. The number of hydrogen-bond acceptors (Lipinski definition) is 8. The lowest BCUT2D eigenvalue weighted by atomic mass is 10.0. The highest BCUT2D eigenvalue weighted by Gasteiger charge is 2.22. The van der Waals surface area contributed by atoms with E-state index in [4.69, 9.17) is 24.1 Å². The van der Waals surface area contributed by atoms with E-state index in [0.29, 0.717) is 37.0 Å². The lowest BCUT2D eigenvalue weighted by Crippen LogP contribution is -2.38. The van der Waals surface area contributed by atoms with E-state index < -0.39 is 5.97 Å². The molecule has 0 amide bonds. The highest BCUT2D eigenvalue weighted by atomic mass is 16.5. The van der Waals surface area contributed by atoms with Crippen molar-refractivity contribution in [1.29, 1.82) is 0 Å². The normalized spacial score (nSPS) is 14.0. The van der Waals surface area contributed by atoms with Gasteiger partial charge in [-0.15, -0.1) is 0 Å². The van der Waals surface area contributed by atoms with Crippen LogP contribution < -0.4 is 9.47 Å². The van der Waals surface area contributed by atoms with Crippen LogP contribution in [0, 0.1) is 0 Å². The summed E-state index contributed by atoms with van der Waals surface area (Å²) in [5, 5.41) is 13.5. The molecule has 1 aliphatic heterocycles. The zero-order chi connectivity index (χ0) is 24.5. The van der Waals surface area contributed by atoms with E-state index in [1.54, 1.807) is 11.6 Å². The van der Waals surface area contributed by atoms with Gasteiger partial charge in [0, 0.05) is 25.2 Å². The Kier molecular flexibility index (Phi) is 8.72. The Hall–Kier alpha value is -3.40. The van der Waals surface area contributed by atoms with Crippen LogP contribution in [0.1, 0.15) is 17.3 Å². The number of rotatable bonds is 11. The predicted molar refractivity (Wildman–Crippen MR) is 130 cm³/mol. The molecule has 1 aromatic heterocycles. The molecule has 0 radical (unpaired) electrons. The summed E-state index contributed by atoms with van der Waals surface area (Å²) in [6.45, 7) is 6.49. The highest BCUT2D eigenvalue weighted by Crippen LogP contribution is 2.31. The Labute approximate surface area is 204 Å².